The lowest BCUT2D eigenvalue weighted by Crippen LogP contribution is -2.24. The molecule has 2 aromatic heterocycles. The van der Waals surface area contributed by atoms with Crippen molar-refractivity contribution in [2.75, 3.05) is 0 Å². The Balaban J connectivity index is 1.65. The summed E-state index contributed by atoms with van der Waals surface area (Å²) in [6, 6.07) is 13.4. The minimum Gasteiger partial charge on any atom is -0.386 e. The molecule has 0 radical (unpaired) electrons. The number of carbonyl (C=O) groups is 1. The Morgan fingerprint density at radius 1 is 1.12 bits per heavy atom. The van der Waals surface area contributed by atoms with Crippen molar-refractivity contribution < 1.29 is 9.90 Å². The zero-order valence-electron chi connectivity index (χ0n) is 18.2. The molecule has 164 valence electrons. The van der Waals surface area contributed by atoms with Crippen LogP contribution in [0.4, 0.5) is 0 Å². The first-order valence-electron chi connectivity index (χ1n) is 11.1. The summed E-state index contributed by atoms with van der Waals surface area (Å²) in [6.07, 6.45) is 6.63. The largest absolute Gasteiger partial charge is 0.386 e. The van der Waals surface area contributed by atoms with E-state index in [0.717, 1.165) is 52.6 Å². The van der Waals surface area contributed by atoms with Gasteiger partial charge in [-0.05, 0) is 69.2 Å². The van der Waals surface area contributed by atoms with Crippen molar-refractivity contribution in [3.63, 3.8) is 0 Å². The second kappa shape index (κ2) is 7.94. The zero-order chi connectivity index (χ0) is 22.5. The molecule has 1 N–H and O–H groups in total. The highest BCUT2D eigenvalue weighted by Gasteiger charge is 2.27. The minimum atomic E-state index is -1.14. The average Bonchev–Trinajstić information content (AvgIpc) is 3.21. The van der Waals surface area contributed by atoms with Crippen LogP contribution in [0.5, 0.6) is 0 Å². The summed E-state index contributed by atoms with van der Waals surface area (Å²) in [5.41, 5.74) is 0.951. The molecule has 0 bridgehead atoms. The molecule has 6 heteroatoms. The fourth-order valence-corrected chi connectivity index (χ4v) is 5.88. The molecule has 32 heavy (non-hydrogen) atoms. The number of hydrogen-bond donors (Lipinski definition) is 1. The second-order valence-electron chi connectivity index (χ2n) is 9.27. The highest BCUT2D eigenvalue weighted by atomic mass is 32.1. The van der Waals surface area contributed by atoms with Crippen molar-refractivity contribution in [2.45, 2.75) is 51.0 Å². The number of fused-ring (bicyclic) bond motifs is 2. The van der Waals surface area contributed by atoms with Crippen molar-refractivity contribution in [2.24, 2.45) is 5.92 Å². The number of aldehydes is 1. The number of aliphatic hydroxyl groups is 1. The summed E-state index contributed by atoms with van der Waals surface area (Å²) in [4.78, 5) is 29.3. The summed E-state index contributed by atoms with van der Waals surface area (Å²) in [6.45, 7) is 3.47. The molecular formula is C26H26N2O3S. The predicted octanol–water partition coefficient (Wildman–Crippen LogP) is 5.30. The van der Waals surface area contributed by atoms with Crippen LogP contribution in [0.2, 0.25) is 0 Å². The van der Waals surface area contributed by atoms with Crippen LogP contribution >= 0.6 is 11.3 Å². The molecule has 0 saturated heterocycles. The molecule has 0 amide bonds. The lowest BCUT2D eigenvalue weighted by Gasteiger charge is -2.23. The van der Waals surface area contributed by atoms with Gasteiger partial charge in [-0.2, -0.15) is 0 Å². The van der Waals surface area contributed by atoms with Crippen molar-refractivity contribution in [3.05, 3.63) is 69.6 Å². The number of thiazole rings is 1. The Bertz CT molecular complexity index is 1370. The lowest BCUT2D eigenvalue weighted by molar-refractivity contribution is -0.111. The maximum atomic E-state index is 13.3. The first kappa shape index (κ1) is 21.0. The topological polar surface area (TPSA) is 72.2 Å². The number of rotatable bonds is 4. The molecule has 5 rings (SSSR count). The SMILES string of the molecule is CC(C)(O)c1cc2nc([C@H]3CC[C@H](C=O)CC3)sc2cc1-n1ccc2ccccc2c1=O. The first-order chi connectivity index (χ1) is 15.3. The predicted molar refractivity (Wildman–Crippen MR) is 129 cm³/mol. The molecule has 2 aromatic carbocycles. The average molecular weight is 447 g/mol. The summed E-state index contributed by atoms with van der Waals surface area (Å²) >= 11 is 1.65. The van der Waals surface area contributed by atoms with Crippen LogP contribution in [0.15, 0.2) is 53.5 Å². The normalized spacial score (nSPS) is 19.5. The van der Waals surface area contributed by atoms with Gasteiger partial charge in [-0.15, -0.1) is 11.3 Å². The van der Waals surface area contributed by atoms with Gasteiger partial charge in [-0.3, -0.25) is 9.36 Å². The number of aromatic nitrogens is 2. The maximum absolute atomic E-state index is 13.3. The fraction of sp³-hybridized carbons (Fsp3) is 0.346. The Morgan fingerprint density at radius 2 is 1.88 bits per heavy atom. The van der Waals surface area contributed by atoms with Crippen molar-refractivity contribution in [3.8, 4) is 5.69 Å². The fourth-order valence-electron chi connectivity index (χ4n) is 4.73. The van der Waals surface area contributed by atoms with E-state index in [1.54, 1.807) is 35.9 Å². The monoisotopic (exact) mass is 446 g/mol. The van der Waals surface area contributed by atoms with Gasteiger partial charge in [-0.25, -0.2) is 4.98 Å². The van der Waals surface area contributed by atoms with Gasteiger partial charge in [0.25, 0.3) is 5.56 Å². The van der Waals surface area contributed by atoms with Crippen LogP contribution in [-0.4, -0.2) is 20.9 Å². The summed E-state index contributed by atoms with van der Waals surface area (Å²) in [7, 11) is 0. The number of carbonyl (C=O) groups excluding carboxylic acids is 1. The van der Waals surface area contributed by atoms with E-state index in [4.69, 9.17) is 4.98 Å². The highest BCUT2D eigenvalue weighted by molar-refractivity contribution is 7.18. The van der Waals surface area contributed by atoms with E-state index >= 15 is 0 Å². The Labute approximate surface area is 190 Å². The number of benzene rings is 2. The first-order valence-corrected chi connectivity index (χ1v) is 11.9. The third kappa shape index (κ3) is 3.67. The van der Waals surface area contributed by atoms with Gasteiger partial charge in [0, 0.05) is 29.0 Å². The number of nitrogens with zero attached hydrogens (tertiary/aromatic N) is 2. The van der Waals surface area contributed by atoms with E-state index in [-0.39, 0.29) is 11.5 Å². The smallest absolute Gasteiger partial charge is 0.262 e. The lowest BCUT2D eigenvalue weighted by atomic mass is 9.83. The maximum Gasteiger partial charge on any atom is 0.262 e. The van der Waals surface area contributed by atoms with E-state index in [1.165, 1.54) is 0 Å². The number of pyridine rings is 1. The van der Waals surface area contributed by atoms with Crippen LogP contribution in [-0.2, 0) is 10.4 Å². The molecule has 0 aliphatic heterocycles. The molecule has 1 aliphatic rings. The van der Waals surface area contributed by atoms with Crippen LogP contribution in [0.3, 0.4) is 0 Å². The van der Waals surface area contributed by atoms with Gasteiger partial charge in [0.05, 0.1) is 26.5 Å². The van der Waals surface area contributed by atoms with Crippen LogP contribution in [0.1, 0.15) is 56.0 Å². The van der Waals surface area contributed by atoms with Gasteiger partial charge < -0.3 is 9.90 Å². The van der Waals surface area contributed by atoms with Gasteiger partial charge >= 0.3 is 0 Å². The van der Waals surface area contributed by atoms with E-state index in [2.05, 4.69) is 0 Å². The molecule has 1 saturated carbocycles. The summed E-state index contributed by atoms with van der Waals surface area (Å²) in [5.74, 6) is 0.537. The van der Waals surface area contributed by atoms with E-state index in [1.807, 2.05) is 42.5 Å². The molecule has 0 atom stereocenters. The van der Waals surface area contributed by atoms with Gasteiger partial charge in [0.1, 0.15) is 6.29 Å². The third-order valence-electron chi connectivity index (χ3n) is 6.57. The molecule has 1 fully saturated rings. The molecule has 5 nitrogen and oxygen atoms in total. The molecule has 0 unspecified atom stereocenters. The Kier molecular flexibility index (Phi) is 5.22. The van der Waals surface area contributed by atoms with E-state index < -0.39 is 5.60 Å². The van der Waals surface area contributed by atoms with Crippen molar-refractivity contribution in [1.29, 1.82) is 0 Å². The zero-order valence-corrected chi connectivity index (χ0v) is 19.1. The van der Waals surface area contributed by atoms with Crippen LogP contribution in [0.25, 0.3) is 26.7 Å². The minimum absolute atomic E-state index is 0.107. The third-order valence-corrected chi connectivity index (χ3v) is 7.75. The molecule has 2 heterocycles. The van der Waals surface area contributed by atoms with Gasteiger partial charge in [0.15, 0.2) is 0 Å². The molecule has 0 spiro atoms. The Morgan fingerprint density at radius 3 is 2.59 bits per heavy atom. The van der Waals surface area contributed by atoms with Crippen LogP contribution in [0, 0.1) is 5.92 Å². The molecule has 4 aromatic rings. The van der Waals surface area contributed by atoms with Crippen molar-refractivity contribution >= 4 is 38.6 Å². The standard InChI is InChI=1S/C26H26N2O3S/c1-26(2,31)20-13-21-23(32-24(27-21)18-9-7-16(15-29)8-10-18)14-22(20)28-12-11-17-5-3-4-6-19(17)25(28)30/h3-6,11-16,18,31H,7-10H2,1-2H3/t16-,18-. The van der Waals surface area contributed by atoms with Crippen LogP contribution < -0.4 is 5.56 Å². The molecular weight excluding hydrogens is 420 g/mol. The van der Waals surface area contributed by atoms with Gasteiger partial charge in [-0.1, -0.05) is 18.2 Å². The number of hydrogen-bond acceptors (Lipinski definition) is 5. The molecule has 1 aliphatic carbocycles. The highest BCUT2D eigenvalue weighted by Crippen LogP contribution is 2.40. The second-order valence-corrected chi connectivity index (χ2v) is 10.3. The summed E-state index contributed by atoms with van der Waals surface area (Å²) < 4.78 is 2.63. The van der Waals surface area contributed by atoms with E-state index in [0.29, 0.717) is 22.6 Å². The quantitative estimate of drug-likeness (QED) is 0.432. The van der Waals surface area contributed by atoms with Crippen molar-refractivity contribution in [1.82, 2.24) is 9.55 Å². The van der Waals surface area contributed by atoms with E-state index in [9.17, 15) is 14.7 Å². The Hall–Kier alpha value is -2.83. The summed E-state index contributed by atoms with van der Waals surface area (Å²) in [5, 5.41) is 13.6. The van der Waals surface area contributed by atoms with Gasteiger partial charge in [0.2, 0.25) is 0 Å².